The lowest BCUT2D eigenvalue weighted by Crippen LogP contribution is -2.36. The van der Waals surface area contributed by atoms with E-state index in [9.17, 15) is 0 Å². The summed E-state index contributed by atoms with van der Waals surface area (Å²) in [6.45, 7) is 3.23. The zero-order valence-electron chi connectivity index (χ0n) is 9.29. The van der Waals surface area contributed by atoms with E-state index >= 15 is 0 Å². The van der Waals surface area contributed by atoms with Crippen molar-refractivity contribution in [2.24, 2.45) is 0 Å². The Bertz CT molecular complexity index is 378. The van der Waals surface area contributed by atoms with Crippen LogP contribution in [0, 0.1) is 0 Å². The molecule has 5 heteroatoms. The summed E-state index contributed by atoms with van der Waals surface area (Å²) in [5.74, 6) is 0. The van der Waals surface area contributed by atoms with E-state index in [4.69, 9.17) is 22.1 Å². The van der Waals surface area contributed by atoms with E-state index in [1.165, 1.54) is 0 Å². The van der Waals surface area contributed by atoms with Crippen molar-refractivity contribution >= 4 is 28.7 Å². The number of ether oxygens (including phenoxy) is 1. The average molecular weight is 242 g/mol. The second kappa shape index (κ2) is 4.80. The Balaban J connectivity index is 2.31. The highest BCUT2D eigenvalue weighted by atomic mass is 35.5. The second-order valence-corrected chi connectivity index (χ2v) is 4.15. The third-order valence-corrected chi connectivity index (χ3v) is 3.04. The van der Waals surface area contributed by atoms with E-state index in [1.54, 1.807) is 6.07 Å². The molecule has 1 fully saturated rings. The summed E-state index contributed by atoms with van der Waals surface area (Å²) >= 11 is 6.20. The summed E-state index contributed by atoms with van der Waals surface area (Å²) in [6.07, 6.45) is 0. The van der Waals surface area contributed by atoms with E-state index < -0.39 is 0 Å². The first-order valence-corrected chi connectivity index (χ1v) is 5.69. The van der Waals surface area contributed by atoms with Gasteiger partial charge in [-0.3, -0.25) is 0 Å². The number of nitrogen functional groups attached to an aromatic ring is 1. The normalized spacial score (nSPS) is 16.2. The molecule has 0 unspecified atom stereocenters. The molecule has 0 bridgehead atoms. The molecule has 0 aliphatic carbocycles. The Kier molecular flexibility index (Phi) is 3.41. The van der Waals surface area contributed by atoms with Gasteiger partial charge < -0.3 is 20.7 Å². The first-order valence-electron chi connectivity index (χ1n) is 5.32. The maximum atomic E-state index is 6.20. The number of hydrogen-bond donors (Lipinski definition) is 2. The predicted octanol–water partition coefficient (Wildman–Crippen LogP) is 1.80. The first-order chi connectivity index (χ1) is 7.72. The molecule has 0 radical (unpaired) electrons. The lowest BCUT2D eigenvalue weighted by Gasteiger charge is -2.30. The van der Waals surface area contributed by atoms with Crippen molar-refractivity contribution in [3.63, 3.8) is 0 Å². The van der Waals surface area contributed by atoms with Crippen LogP contribution in [-0.4, -0.2) is 33.4 Å². The van der Waals surface area contributed by atoms with E-state index in [1.807, 2.05) is 13.1 Å². The van der Waals surface area contributed by atoms with Crippen molar-refractivity contribution in [2.75, 3.05) is 49.3 Å². The summed E-state index contributed by atoms with van der Waals surface area (Å²) in [7, 11) is 1.85. The predicted molar refractivity (Wildman–Crippen MR) is 68.4 cm³/mol. The van der Waals surface area contributed by atoms with Crippen molar-refractivity contribution in [1.29, 1.82) is 0 Å². The van der Waals surface area contributed by atoms with Gasteiger partial charge in [-0.05, 0) is 12.1 Å². The molecule has 1 saturated heterocycles. The fourth-order valence-corrected chi connectivity index (χ4v) is 2.13. The van der Waals surface area contributed by atoms with Gasteiger partial charge in [0.25, 0.3) is 0 Å². The van der Waals surface area contributed by atoms with Gasteiger partial charge >= 0.3 is 0 Å². The standard InChI is InChI=1S/C11H16ClN3O/c1-14-10-7-11(8(12)6-9(10)13)15-2-4-16-5-3-15/h6-7,14H,2-5,13H2,1H3. The SMILES string of the molecule is CNc1cc(N2CCOCC2)c(Cl)cc1N. The molecule has 1 heterocycles. The molecular formula is C11H16ClN3O. The molecule has 0 amide bonds. The Morgan fingerprint density at radius 1 is 1.38 bits per heavy atom. The van der Waals surface area contributed by atoms with Gasteiger partial charge in [0.15, 0.2) is 0 Å². The van der Waals surface area contributed by atoms with Gasteiger partial charge in [0.05, 0.1) is 35.3 Å². The number of benzene rings is 1. The second-order valence-electron chi connectivity index (χ2n) is 3.74. The molecule has 3 N–H and O–H groups in total. The van der Waals surface area contributed by atoms with Gasteiger partial charge in [-0.1, -0.05) is 11.6 Å². The summed E-state index contributed by atoms with van der Waals surface area (Å²) < 4.78 is 5.32. The molecular weight excluding hydrogens is 226 g/mol. The Labute approximate surface area is 100 Å². The minimum Gasteiger partial charge on any atom is -0.397 e. The third kappa shape index (κ3) is 2.18. The fourth-order valence-electron chi connectivity index (χ4n) is 1.84. The maximum absolute atomic E-state index is 6.20. The van der Waals surface area contributed by atoms with Gasteiger partial charge in [-0.2, -0.15) is 0 Å². The molecule has 1 aromatic carbocycles. The molecule has 88 valence electrons. The van der Waals surface area contributed by atoms with Crippen LogP contribution in [0.25, 0.3) is 0 Å². The monoisotopic (exact) mass is 241 g/mol. The first kappa shape index (κ1) is 11.4. The van der Waals surface area contributed by atoms with E-state index in [0.29, 0.717) is 10.7 Å². The average Bonchev–Trinajstić information content (AvgIpc) is 2.30. The smallest absolute Gasteiger partial charge is 0.0661 e. The van der Waals surface area contributed by atoms with Crippen molar-refractivity contribution in [2.45, 2.75) is 0 Å². The van der Waals surface area contributed by atoms with Gasteiger partial charge in [0, 0.05) is 20.1 Å². The van der Waals surface area contributed by atoms with Gasteiger partial charge in [-0.15, -0.1) is 0 Å². The number of nitrogens with two attached hydrogens (primary N) is 1. The maximum Gasteiger partial charge on any atom is 0.0661 e. The van der Waals surface area contributed by atoms with E-state index in [-0.39, 0.29) is 0 Å². The van der Waals surface area contributed by atoms with Crippen LogP contribution in [0.4, 0.5) is 17.1 Å². The van der Waals surface area contributed by atoms with Gasteiger partial charge in [0.1, 0.15) is 0 Å². The minimum atomic E-state index is 0.671. The summed E-state index contributed by atoms with van der Waals surface area (Å²) in [5.41, 5.74) is 8.44. The van der Waals surface area contributed by atoms with Crippen LogP contribution in [0.3, 0.4) is 0 Å². The number of nitrogens with zero attached hydrogens (tertiary/aromatic N) is 1. The zero-order chi connectivity index (χ0) is 11.5. The fraction of sp³-hybridized carbons (Fsp3) is 0.455. The number of rotatable bonds is 2. The van der Waals surface area contributed by atoms with Crippen LogP contribution >= 0.6 is 11.6 Å². The molecule has 1 aromatic rings. The van der Waals surface area contributed by atoms with Crippen LogP contribution in [0.5, 0.6) is 0 Å². The summed E-state index contributed by atoms with van der Waals surface area (Å²) in [6, 6.07) is 3.78. The number of anilines is 3. The molecule has 0 saturated carbocycles. The number of nitrogens with one attached hydrogen (secondary N) is 1. The highest BCUT2D eigenvalue weighted by Gasteiger charge is 2.15. The molecule has 2 rings (SSSR count). The highest BCUT2D eigenvalue weighted by Crippen LogP contribution is 2.33. The molecule has 0 spiro atoms. The molecule has 0 atom stereocenters. The summed E-state index contributed by atoms with van der Waals surface area (Å²) in [4.78, 5) is 2.21. The van der Waals surface area contributed by atoms with E-state index in [0.717, 1.165) is 37.7 Å². The Hall–Kier alpha value is -1.13. The molecule has 1 aliphatic rings. The largest absolute Gasteiger partial charge is 0.397 e. The van der Waals surface area contributed by atoms with Crippen LogP contribution in [0.1, 0.15) is 0 Å². The number of hydrogen-bond acceptors (Lipinski definition) is 4. The summed E-state index contributed by atoms with van der Waals surface area (Å²) in [5, 5.41) is 3.75. The Morgan fingerprint density at radius 2 is 2.06 bits per heavy atom. The highest BCUT2D eigenvalue weighted by molar-refractivity contribution is 6.33. The molecule has 0 aromatic heterocycles. The van der Waals surface area contributed by atoms with Crippen LogP contribution < -0.4 is 16.0 Å². The topological polar surface area (TPSA) is 50.5 Å². The van der Waals surface area contributed by atoms with Crippen molar-refractivity contribution < 1.29 is 4.74 Å². The number of halogens is 1. The lowest BCUT2D eigenvalue weighted by atomic mass is 10.2. The van der Waals surface area contributed by atoms with Crippen molar-refractivity contribution in [3.05, 3.63) is 17.2 Å². The van der Waals surface area contributed by atoms with E-state index in [2.05, 4.69) is 10.2 Å². The molecule has 1 aliphatic heterocycles. The molecule has 16 heavy (non-hydrogen) atoms. The molecule has 4 nitrogen and oxygen atoms in total. The van der Waals surface area contributed by atoms with Crippen LogP contribution in [0.15, 0.2) is 12.1 Å². The Morgan fingerprint density at radius 3 is 2.69 bits per heavy atom. The quantitative estimate of drug-likeness (QED) is 0.776. The van der Waals surface area contributed by atoms with Gasteiger partial charge in [-0.25, -0.2) is 0 Å². The van der Waals surface area contributed by atoms with Crippen molar-refractivity contribution in [3.8, 4) is 0 Å². The third-order valence-electron chi connectivity index (χ3n) is 2.74. The van der Waals surface area contributed by atoms with Gasteiger partial charge in [0.2, 0.25) is 0 Å². The van der Waals surface area contributed by atoms with Crippen molar-refractivity contribution in [1.82, 2.24) is 0 Å². The number of morpholine rings is 1. The zero-order valence-corrected chi connectivity index (χ0v) is 10.0. The van der Waals surface area contributed by atoms with Crippen LogP contribution in [0.2, 0.25) is 5.02 Å². The lowest BCUT2D eigenvalue weighted by molar-refractivity contribution is 0.122. The minimum absolute atomic E-state index is 0.671. The van der Waals surface area contributed by atoms with Crippen LogP contribution in [-0.2, 0) is 4.74 Å².